The molecular formula is C13H19N3. The standard InChI is InChI=1S/C13H19N3/c1-4-10(2)11(3)16-9-12-6-5-7-15-13(12)8-14/h5-7,10-11,16H,4,9H2,1-3H3. The van der Waals surface area contributed by atoms with Crippen LogP contribution in [0.3, 0.4) is 0 Å². The molecule has 2 unspecified atom stereocenters. The average molecular weight is 217 g/mol. The molecule has 0 aliphatic heterocycles. The van der Waals surface area contributed by atoms with E-state index in [0.29, 0.717) is 24.2 Å². The quantitative estimate of drug-likeness (QED) is 0.824. The predicted octanol–water partition coefficient (Wildman–Crippen LogP) is 2.48. The molecule has 0 amide bonds. The third kappa shape index (κ3) is 3.32. The van der Waals surface area contributed by atoms with E-state index < -0.39 is 0 Å². The van der Waals surface area contributed by atoms with E-state index in [9.17, 15) is 0 Å². The molecule has 3 heteroatoms. The lowest BCUT2D eigenvalue weighted by Crippen LogP contribution is -2.31. The molecule has 2 atom stereocenters. The second-order valence-electron chi connectivity index (χ2n) is 4.18. The van der Waals surface area contributed by atoms with E-state index in [1.54, 1.807) is 6.20 Å². The van der Waals surface area contributed by atoms with Gasteiger partial charge in [-0.15, -0.1) is 0 Å². The number of aromatic nitrogens is 1. The topological polar surface area (TPSA) is 48.7 Å². The summed E-state index contributed by atoms with van der Waals surface area (Å²) in [5.74, 6) is 0.641. The number of nitriles is 1. The Morgan fingerprint density at radius 3 is 2.88 bits per heavy atom. The molecule has 16 heavy (non-hydrogen) atoms. The molecule has 1 rings (SSSR count). The first-order valence-electron chi connectivity index (χ1n) is 5.76. The molecule has 0 spiro atoms. The Morgan fingerprint density at radius 1 is 1.50 bits per heavy atom. The van der Waals surface area contributed by atoms with Crippen LogP contribution in [0.5, 0.6) is 0 Å². The normalized spacial score (nSPS) is 14.1. The Kier molecular flexibility index (Phi) is 4.94. The van der Waals surface area contributed by atoms with Crippen molar-refractivity contribution < 1.29 is 0 Å². The predicted molar refractivity (Wildman–Crippen MR) is 64.7 cm³/mol. The summed E-state index contributed by atoms with van der Waals surface area (Å²) in [6, 6.07) is 6.38. The van der Waals surface area contributed by atoms with Crippen molar-refractivity contribution in [2.45, 2.75) is 39.8 Å². The Bertz CT molecular complexity index is 368. The highest BCUT2D eigenvalue weighted by atomic mass is 14.9. The number of hydrogen-bond acceptors (Lipinski definition) is 3. The van der Waals surface area contributed by atoms with Gasteiger partial charge in [0, 0.05) is 24.3 Å². The van der Waals surface area contributed by atoms with Gasteiger partial charge in [0.15, 0.2) is 0 Å². The SMILES string of the molecule is CCC(C)C(C)NCc1cccnc1C#N. The van der Waals surface area contributed by atoms with Crippen LogP contribution in [-0.4, -0.2) is 11.0 Å². The van der Waals surface area contributed by atoms with Crippen molar-refractivity contribution in [2.24, 2.45) is 5.92 Å². The number of pyridine rings is 1. The Morgan fingerprint density at radius 2 is 2.25 bits per heavy atom. The Labute approximate surface area is 97.5 Å². The van der Waals surface area contributed by atoms with Gasteiger partial charge >= 0.3 is 0 Å². The highest BCUT2D eigenvalue weighted by Crippen LogP contribution is 2.09. The van der Waals surface area contributed by atoms with E-state index in [1.807, 2.05) is 12.1 Å². The largest absolute Gasteiger partial charge is 0.310 e. The van der Waals surface area contributed by atoms with Crippen molar-refractivity contribution in [2.75, 3.05) is 0 Å². The fourth-order valence-electron chi connectivity index (χ4n) is 1.51. The smallest absolute Gasteiger partial charge is 0.144 e. The lowest BCUT2D eigenvalue weighted by molar-refractivity contribution is 0.389. The zero-order valence-electron chi connectivity index (χ0n) is 10.2. The van der Waals surface area contributed by atoms with Crippen molar-refractivity contribution in [1.82, 2.24) is 10.3 Å². The molecule has 86 valence electrons. The molecule has 0 saturated heterocycles. The van der Waals surface area contributed by atoms with Crippen LogP contribution >= 0.6 is 0 Å². The summed E-state index contributed by atoms with van der Waals surface area (Å²) in [5.41, 5.74) is 1.49. The van der Waals surface area contributed by atoms with Gasteiger partial charge in [-0.05, 0) is 18.9 Å². The lowest BCUT2D eigenvalue weighted by atomic mass is 10.0. The van der Waals surface area contributed by atoms with Crippen LogP contribution in [0.2, 0.25) is 0 Å². The second-order valence-corrected chi connectivity index (χ2v) is 4.18. The van der Waals surface area contributed by atoms with E-state index in [4.69, 9.17) is 5.26 Å². The zero-order chi connectivity index (χ0) is 12.0. The van der Waals surface area contributed by atoms with Gasteiger partial charge in [-0.2, -0.15) is 5.26 Å². The molecule has 1 aromatic rings. The molecule has 0 aliphatic rings. The summed E-state index contributed by atoms with van der Waals surface area (Å²) in [6.07, 6.45) is 2.81. The van der Waals surface area contributed by atoms with Crippen LogP contribution in [-0.2, 0) is 6.54 Å². The minimum Gasteiger partial charge on any atom is -0.310 e. The summed E-state index contributed by atoms with van der Waals surface area (Å²) in [7, 11) is 0. The van der Waals surface area contributed by atoms with Crippen LogP contribution in [0.15, 0.2) is 18.3 Å². The van der Waals surface area contributed by atoms with Gasteiger partial charge in [0.2, 0.25) is 0 Å². The fourth-order valence-corrected chi connectivity index (χ4v) is 1.51. The van der Waals surface area contributed by atoms with Crippen molar-refractivity contribution in [3.05, 3.63) is 29.6 Å². The molecule has 1 N–H and O–H groups in total. The van der Waals surface area contributed by atoms with E-state index >= 15 is 0 Å². The molecule has 1 aromatic heterocycles. The minimum atomic E-state index is 0.455. The number of rotatable bonds is 5. The molecule has 0 bridgehead atoms. The van der Waals surface area contributed by atoms with Crippen LogP contribution in [0.1, 0.15) is 38.4 Å². The molecule has 0 aromatic carbocycles. The fraction of sp³-hybridized carbons (Fsp3) is 0.538. The Balaban J connectivity index is 2.58. The van der Waals surface area contributed by atoms with Gasteiger partial charge in [-0.25, -0.2) is 4.98 Å². The van der Waals surface area contributed by atoms with Gasteiger partial charge in [0.1, 0.15) is 11.8 Å². The van der Waals surface area contributed by atoms with E-state index in [1.165, 1.54) is 0 Å². The summed E-state index contributed by atoms with van der Waals surface area (Å²) in [6.45, 7) is 7.30. The van der Waals surface area contributed by atoms with E-state index in [-0.39, 0.29) is 0 Å². The van der Waals surface area contributed by atoms with Gasteiger partial charge in [-0.1, -0.05) is 26.3 Å². The molecule has 0 fully saturated rings. The molecular weight excluding hydrogens is 198 g/mol. The van der Waals surface area contributed by atoms with Crippen LogP contribution in [0, 0.1) is 17.2 Å². The number of nitrogens with one attached hydrogen (secondary N) is 1. The minimum absolute atomic E-state index is 0.455. The third-order valence-electron chi connectivity index (χ3n) is 3.11. The zero-order valence-corrected chi connectivity index (χ0v) is 10.2. The summed E-state index contributed by atoms with van der Waals surface area (Å²) >= 11 is 0. The molecule has 0 radical (unpaired) electrons. The van der Waals surface area contributed by atoms with Gasteiger partial charge in [0.05, 0.1) is 0 Å². The van der Waals surface area contributed by atoms with Crippen molar-refractivity contribution >= 4 is 0 Å². The van der Waals surface area contributed by atoms with Gasteiger partial charge < -0.3 is 5.32 Å². The molecule has 0 aliphatic carbocycles. The first kappa shape index (κ1) is 12.7. The first-order chi connectivity index (χ1) is 7.69. The van der Waals surface area contributed by atoms with Crippen molar-refractivity contribution in [3.8, 4) is 6.07 Å². The Hall–Kier alpha value is -1.40. The average Bonchev–Trinajstić information content (AvgIpc) is 2.35. The summed E-state index contributed by atoms with van der Waals surface area (Å²) in [4.78, 5) is 4.04. The lowest BCUT2D eigenvalue weighted by Gasteiger charge is -2.20. The van der Waals surface area contributed by atoms with Gasteiger partial charge in [-0.3, -0.25) is 0 Å². The third-order valence-corrected chi connectivity index (χ3v) is 3.11. The maximum Gasteiger partial charge on any atom is 0.144 e. The number of nitrogens with zero attached hydrogens (tertiary/aromatic N) is 2. The summed E-state index contributed by atoms with van der Waals surface area (Å²) < 4.78 is 0. The van der Waals surface area contributed by atoms with E-state index in [0.717, 1.165) is 12.0 Å². The first-order valence-corrected chi connectivity index (χ1v) is 5.76. The maximum absolute atomic E-state index is 8.90. The maximum atomic E-state index is 8.90. The molecule has 1 heterocycles. The van der Waals surface area contributed by atoms with Gasteiger partial charge in [0.25, 0.3) is 0 Å². The second kappa shape index (κ2) is 6.24. The number of hydrogen-bond donors (Lipinski definition) is 1. The monoisotopic (exact) mass is 217 g/mol. The molecule has 0 saturated carbocycles. The highest BCUT2D eigenvalue weighted by Gasteiger charge is 2.10. The van der Waals surface area contributed by atoms with Crippen LogP contribution < -0.4 is 5.32 Å². The van der Waals surface area contributed by atoms with E-state index in [2.05, 4.69) is 37.1 Å². The van der Waals surface area contributed by atoms with Crippen molar-refractivity contribution in [1.29, 1.82) is 5.26 Å². The highest BCUT2D eigenvalue weighted by molar-refractivity contribution is 5.30. The van der Waals surface area contributed by atoms with Crippen LogP contribution in [0.25, 0.3) is 0 Å². The van der Waals surface area contributed by atoms with Crippen LogP contribution in [0.4, 0.5) is 0 Å². The molecule has 3 nitrogen and oxygen atoms in total. The van der Waals surface area contributed by atoms with Crippen molar-refractivity contribution in [3.63, 3.8) is 0 Å². The summed E-state index contributed by atoms with van der Waals surface area (Å²) in [5, 5.41) is 12.3.